The highest BCUT2D eigenvalue weighted by molar-refractivity contribution is 14.0. The van der Waals surface area contributed by atoms with Crippen LogP contribution in [0.1, 0.15) is 44.9 Å². The van der Waals surface area contributed by atoms with E-state index >= 15 is 0 Å². The van der Waals surface area contributed by atoms with Gasteiger partial charge in [-0.2, -0.15) is 0 Å². The number of benzene rings is 1. The van der Waals surface area contributed by atoms with E-state index in [1.807, 2.05) is 12.3 Å². The van der Waals surface area contributed by atoms with Crippen molar-refractivity contribution >= 4 is 29.9 Å². The van der Waals surface area contributed by atoms with Crippen molar-refractivity contribution in [2.75, 3.05) is 32.8 Å². The molecule has 1 aromatic carbocycles. The Morgan fingerprint density at radius 2 is 1.91 bits per heavy atom. The number of guanidine groups is 1. The number of pyridine rings is 1. The highest BCUT2D eigenvalue weighted by atomic mass is 127. The maximum absolute atomic E-state index is 5.77. The van der Waals surface area contributed by atoms with E-state index in [2.05, 4.69) is 77.7 Å². The fourth-order valence-electron chi connectivity index (χ4n) is 3.78. The van der Waals surface area contributed by atoms with E-state index < -0.39 is 0 Å². The van der Waals surface area contributed by atoms with E-state index in [0.29, 0.717) is 12.0 Å². The molecule has 0 unspecified atom stereocenters. The molecule has 3 rings (SSSR count). The molecule has 7 heteroatoms. The van der Waals surface area contributed by atoms with Crippen molar-refractivity contribution in [2.24, 2.45) is 10.9 Å². The Morgan fingerprint density at radius 1 is 1.15 bits per heavy atom. The normalized spacial score (nSPS) is 15.2. The summed E-state index contributed by atoms with van der Waals surface area (Å²) >= 11 is 0. The Bertz CT molecular complexity index is 805. The zero-order valence-corrected chi connectivity index (χ0v) is 22.6. The lowest BCUT2D eigenvalue weighted by Crippen LogP contribution is -2.48. The molecule has 6 nitrogen and oxygen atoms in total. The minimum absolute atomic E-state index is 0. The fraction of sp³-hybridized carbons (Fsp3) is 0.538. The van der Waals surface area contributed by atoms with Gasteiger partial charge in [0.15, 0.2) is 5.96 Å². The van der Waals surface area contributed by atoms with Crippen LogP contribution in [0, 0.1) is 5.92 Å². The van der Waals surface area contributed by atoms with Gasteiger partial charge in [0.1, 0.15) is 5.75 Å². The van der Waals surface area contributed by atoms with Gasteiger partial charge >= 0.3 is 0 Å². The molecule has 182 valence electrons. The van der Waals surface area contributed by atoms with Crippen LogP contribution in [0.4, 0.5) is 0 Å². The molecule has 2 N–H and O–H groups in total. The molecule has 0 aliphatic carbocycles. The number of hydrogen-bond donors (Lipinski definition) is 2. The Kier molecular flexibility index (Phi) is 12.5. The van der Waals surface area contributed by atoms with Crippen molar-refractivity contribution < 1.29 is 4.74 Å². The second kappa shape index (κ2) is 15.1. The molecule has 0 bridgehead atoms. The highest BCUT2D eigenvalue weighted by Crippen LogP contribution is 2.14. The fourth-order valence-corrected chi connectivity index (χ4v) is 3.78. The van der Waals surface area contributed by atoms with Gasteiger partial charge in [-0.25, -0.2) is 0 Å². The zero-order valence-electron chi connectivity index (χ0n) is 20.3. The molecule has 1 aliphatic rings. The molecule has 2 heterocycles. The smallest absolute Gasteiger partial charge is 0.191 e. The first-order valence-corrected chi connectivity index (χ1v) is 12.0. The van der Waals surface area contributed by atoms with Crippen molar-refractivity contribution in [1.82, 2.24) is 20.5 Å². The maximum Gasteiger partial charge on any atom is 0.191 e. The van der Waals surface area contributed by atoms with Gasteiger partial charge in [-0.3, -0.25) is 14.9 Å². The van der Waals surface area contributed by atoms with E-state index in [4.69, 9.17) is 9.73 Å². The second-order valence-corrected chi connectivity index (χ2v) is 8.88. The van der Waals surface area contributed by atoms with Crippen LogP contribution < -0.4 is 15.4 Å². The van der Waals surface area contributed by atoms with Gasteiger partial charge in [-0.05, 0) is 61.9 Å². The average Bonchev–Trinajstić information content (AvgIpc) is 2.80. The van der Waals surface area contributed by atoms with Crippen molar-refractivity contribution in [2.45, 2.75) is 52.6 Å². The molecule has 0 atom stereocenters. The van der Waals surface area contributed by atoms with Gasteiger partial charge in [0.2, 0.25) is 0 Å². The van der Waals surface area contributed by atoms with Crippen molar-refractivity contribution in [3.05, 3.63) is 59.9 Å². The summed E-state index contributed by atoms with van der Waals surface area (Å²) in [6, 6.07) is 15.0. The largest absolute Gasteiger partial charge is 0.493 e. The summed E-state index contributed by atoms with van der Waals surface area (Å²) in [5.41, 5.74) is 2.43. The third kappa shape index (κ3) is 10.3. The van der Waals surface area contributed by atoms with Gasteiger partial charge in [-0.15, -0.1) is 24.0 Å². The SMILES string of the molecule is CCNC(=NCCc1ccc(OCC(C)C)cc1)NC1CCN(Cc2ccccn2)CC1.I. The first-order chi connectivity index (χ1) is 15.6. The summed E-state index contributed by atoms with van der Waals surface area (Å²) in [5, 5.41) is 7.04. The maximum atomic E-state index is 5.77. The van der Waals surface area contributed by atoms with E-state index in [9.17, 15) is 0 Å². The number of likely N-dealkylation sites (tertiary alicyclic amines) is 1. The standard InChI is InChI=1S/C26H39N5O.HI/c1-4-27-26(29-16-12-22-8-10-25(11-9-22)32-20-21(2)3)30-23-13-17-31(18-14-23)19-24-7-5-6-15-28-24;/h5-11,15,21,23H,4,12-14,16-20H2,1-3H3,(H2,27,29,30);1H. The number of piperidine rings is 1. The van der Waals surface area contributed by atoms with Crippen molar-refractivity contribution in [1.29, 1.82) is 0 Å². The molecular formula is C26H40IN5O. The number of nitrogens with zero attached hydrogens (tertiary/aromatic N) is 3. The third-order valence-corrected chi connectivity index (χ3v) is 5.56. The number of halogens is 1. The lowest BCUT2D eigenvalue weighted by atomic mass is 10.0. The van der Waals surface area contributed by atoms with E-state index in [0.717, 1.165) is 76.0 Å². The average molecular weight is 566 g/mol. The highest BCUT2D eigenvalue weighted by Gasteiger charge is 2.20. The van der Waals surface area contributed by atoms with Crippen LogP contribution >= 0.6 is 24.0 Å². The van der Waals surface area contributed by atoms with E-state index in [-0.39, 0.29) is 24.0 Å². The number of hydrogen-bond acceptors (Lipinski definition) is 4. The van der Waals surface area contributed by atoms with Gasteiger partial charge in [-0.1, -0.05) is 32.0 Å². The van der Waals surface area contributed by atoms with Crippen LogP contribution in [0.3, 0.4) is 0 Å². The molecule has 0 saturated carbocycles. The van der Waals surface area contributed by atoms with Crippen molar-refractivity contribution in [3.8, 4) is 5.75 Å². The summed E-state index contributed by atoms with van der Waals surface area (Å²) in [6.07, 6.45) is 5.03. The molecule has 0 spiro atoms. The third-order valence-electron chi connectivity index (χ3n) is 5.56. The van der Waals surface area contributed by atoms with Gasteiger partial charge < -0.3 is 15.4 Å². The predicted octanol–water partition coefficient (Wildman–Crippen LogP) is 4.50. The topological polar surface area (TPSA) is 61.8 Å². The van der Waals surface area contributed by atoms with Crippen LogP contribution in [0.25, 0.3) is 0 Å². The molecular weight excluding hydrogens is 525 g/mol. The minimum atomic E-state index is 0. The number of rotatable bonds is 10. The molecule has 1 aliphatic heterocycles. The molecule has 2 aromatic rings. The van der Waals surface area contributed by atoms with Crippen molar-refractivity contribution in [3.63, 3.8) is 0 Å². The summed E-state index contributed by atoms with van der Waals surface area (Å²) in [5.74, 6) is 2.40. The Labute approximate surface area is 216 Å². The van der Waals surface area contributed by atoms with E-state index in [1.165, 1.54) is 5.56 Å². The predicted molar refractivity (Wildman–Crippen MR) is 148 cm³/mol. The first kappa shape index (κ1) is 27.4. The lowest BCUT2D eigenvalue weighted by Gasteiger charge is -2.32. The van der Waals surface area contributed by atoms with Gasteiger partial charge in [0.05, 0.1) is 12.3 Å². The Morgan fingerprint density at radius 3 is 2.55 bits per heavy atom. The number of aromatic nitrogens is 1. The van der Waals surface area contributed by atoms with Crippen LogP contribution in [-0.4, -0.2) is 54.7 Å². The molecule has 33 heavy (non-hydrogen) atoms. The monoisotopic (exact) mass is 565 g/mol. The Hall–Kier alpha value is -1.87. The van der Waals surface area contributed by atoms with Crippen LogP contribution in [-0.2, 0) is 13.0 Å². The summed E-state index contributed by atoms with van der Waals surface area (Å²) in [6.45, 7) is 11.9. The quantitative estimate of drug-likeness (QED) is 0.253. The lowest BCUT2D eigenvalue weighted by molar-refractivity contribution is 0.196. The second-order valence-electron chi connectivity index (χ2n) is 8.88. The summed E-state index contributed by atoms with van der Waals surface area (Å²) in [4.78, 5) is 11.7. The molecule has 1 aromatic heterocycles. The molecule has 1 saturated heterocycles. The summed E-state index contributed by atoms with van der Waals surface area (Å²) in [7, 11) is 0. The minimum Gasteiger partial charge on any atom is -0.493 e. The zero-order chi connectivity index (χ0) is 22.6. The van der Waals surface area contributed by atoms with Gasteiger partial charge in [0, 0.05) is 45.0 Å². The molecule has 0 amide bonds. The van der Waals surface area contributed by atoms with Crippen LogP contribution in [0.5, 0.6) is 5.75 Å². The number of ether oxygens (including phenoxy) is 1. The first-order valence-electron chi connectivity index (χ1n) is 12.0. The summed E-state index contributed by atoms with van der Waals surface area (Å²) < 4.78 is 5.77. The Balaban J connectivity index is 0.00000385. The number of nitrogens with one attached hydrogen (secondary N) is 2. The molecule has 1 fully saturated rings. The number of aliphatic imine (C=N–C) groups is 1. The van der Waals surface area contributed by atoms with Gasteiger partial charge in [0.25, 0.3) is 0 Å². The van der Waals surface area contributed by atoms with E-state index in [1.54, 1.807) is 0 Å². The van der Waals surface area contributed by atoms with Crippen LogP contribution in [0.15, 0.2) is 53.7 Å². The van der Waals surface area contributed by atoms with Crippen LogP contribution in [0.2, 0.25) is 0 Å². The molecule has 0 radical (unpaired) electrons.